The van der Waals surface area contributed by atoms with Crippen LogP contribution in [-0.4, -0.2) is 13.7 Å². The van der Waals surface area contributed by atoms with E-state index < -0.39 is 0 Å². The van der Waals surface area contributed by atoms with Crippen molar-refractivity contribution in [2.75, 3.05) is 13.7 Å². The molecule has 21 heavy (non-hydrogen) atoms. The Labute approximate surface area is 128 Å². The number of likely N-dealkylation sites (N-methyl/N-ethyl adjacent to an activating group) is 1. The van der Waals surface area contributed by atoms with E-state index in [1.807, 2.05) is 7.05 Å². The normalized spacial score (nSPS) is 12.2. The smallest absolute Gasteiger partial charge is 0.122 e. The fraction of sp³-hybridized carbons (Fsp3) is 0.368. The van der Waals surface area contributed by atoms with E-state index in [1.54, 1.807) is 0 Å². The summed E-state index contributed by atoms with van der Waals surface area (Å²) in [5, 5.41) is 3.35. The molecular weight excluding hydrogens is 258 g/mol. The van der Waals surface area contributed by atoms with E-state index in [9.17, 15) is 0 Å². The zero-order valence-electron chi connectivity index (χ0n) is 13.7. The van der Waals surface area contributed by atoms with Crippen LogP contribution in [0.4, 0.5) is 0 Å². The molecule has 2 rings (SSSR count). The molecule has 2 nitrogen and oxygen atoms in total. The van der Waals surface area contributed by atoms with Gasteiger partial charge in [-0.05, 0) is 51.9 Å². The molecule has 0 saturated carbocycles. The molecular formula is C19H25NO. The van der Waals surface area contributed by atoms with Crippen molar-refractivity contribution in [2.24, 2.45) is 0 Å². The number of ether oxygens (including phenoxy) is 1. The molecule has 1 unspecified atom stereocenters. The lowest BCUT2D eigenvalue weighted by molar-refractivity contribution is 0.271. The third kappa shape index (κ3) is 4.08. The minimum Gasteiger partial charge on any atom is -0.491 e. The number of hydrogen-bond acceptors (Lipinski definition) is 2. The standard InChI is InChI=1S/C19H25NO/c1-13-6-7-19(16(4)9-13)21-12-18(20-5)17-10-14(2)8-15(3)11-17/h6-11,18,20H,12H2,1-5H3. The van der Waals surface area contributed by atoms with Crippen molar-refractivity contribution in [1.29, 1.82) is 0 Å². The van der Waals surface area contributed by atoms with Crippen molar-refractivity contribution in [2.45, 2.75) is 33.7 Å². The van der Waals surface area contributed by atoms with Crippen LogP contribution in [0.2, 0.25) is 0 Å². The molecule has 0 heterocycles. The van der Waals surface area contributed by atoms with Crippen LogP contribution in [0.3, 0.4) is 0 Å². The summed E-state index contributed by atoms with van der Waals surface area (Å²) in [5.41, 5.74) is 6.30. The molecule has 2 aromatic carbocycles. The van der Waals surface area contributed by atoms with Crippen LogP contribution in [-0.2, 0) is 0 Å². The Morgan fingerprint density at radius 3 is 2.14 bits per heavy atom. The number of nitrogens with one attached hydrogen (secondary N) is 1. The van der Waals surface area contributed by atoms with Crippen molar-refractivity contribution >= 4 is 0 Å². The van der Waals surface area contributed by atoms with Crippen molar-refractivity contribution in [1.82, 2.24) is 5.32 Å². The molecule has 0 radical (unpaired) electrons. The van der Waals surface area contributed by atoms with Crippen LogP contribution >= 0.6 is 0 Å². The van der Waals surface area contributed by atoms with Gasteiger partial charge in [-0.3, -0.25) is 0 Å². The van der Waals surface area contributed by atoms with Gasteiger partial charge in [-0.2, -0.15) is 0 Å². The fourth-order valence-corrected chi connectivity index (χ4v) is 2.69. The van der Waals surface area contributed by atoms with Crippen LogP contribution in [0.5, 0.6) is 5.75 Å². The van der Waals surface area contributed by atoms with Gasteiger partial charge in [0.2, 0.25) is 0 Å². The van der Waals surface area contributed by atoms with Crippen LogP contribution in [0, 0.1) is 27.7 Å². The molecule has 0 aliphatic rings. The topological polar surface area (TPSA) is 21.3 Å². The van der Waals surface area contributed by atoms with Crippen LogP contribution in [0.1, 0.15) is 33.9 Å². The summed E-state index contributed by atoms with van der Waals surface area (Å²) in [4.78, 5) is 0. The first-order valence-corrected chi connectivity index (χ1v) is 7.45. The van der Waals surface area contributed by atoms with Crippen LogP contribution in [0.15, 0.2) is 36.4 Å². The highest BCUT2D eigenvalue weighted by molar-refractivity contribution is 5.36. The highest BCUT2D eigenvalue weighted by Crippen LogP contribution is 2.22. The van der Waals surface area contributed by atoms with E-state index >= 15 is 0 Å². The molecule has 1 N–H and O–H groups in total. The Kier molecular flexibility index (Phi) is 5.03. The number of benzene rings is 2. The van der Waals surface area contributed by atoms with E-state index in [-0.39, 0.29) is 6.04 Å². The van der Waals surface area contributed by atoms with Gasteiger partial charge < -0.3 is 10.1 Å². The lowest BCUT2D eigenvalue weighted by Crippen LogP contribution is -2.23. The summed E-state index contributed by atoms with van der Waals surface area (Å²) in [6.07, 6.45) is 0. The highest BCUT2D eigenvalue weighted by Gasteiger charge is 2.12. The SMILES string of the molecule is CNC(COc1ccc(C)cc1C)c1cc(C)cc(C)c1. The third-order valence-corrected chi connectivity index (χ3v) is 3.73. The minimum absolute atomic E-state index is 0.198. The zero-order chi connectivity index (χ0) is 15.4. The van der Waals surface area contributed by atoms with Gasteiger partial charge in [-0.15, -0.1) is 0 Å². The van der Waals surface area contributed by atoms with Gasteiger partial charge >= 0.3 is 0 Å². The molecule has 0 aromatic heterocycles. The van der Waals surface area contributed by atoms with Gasteiger partial charge in [-0.1, -0.05) is 47.0 Å². The quantitative estimate of drug-likeness (QED) is 0.885. The molecule has 0 aliphatic carbocycles. The summed E-state index contributed by atoms with van der Waals surface area (Å²) in [6, 6.07) is 13.1. The predicted molar refractivity (Wildman–Crippen MR) is 89.1 cm³/mol. The largest absolute Gasteiger partial charge is 0.491 e. The summed E-state index contributed by atoms with van der Waals surface area (Å²) < 4.78 is 6.02. The lowest BCUT2D eigenvalue weighted by Gasteiger charge is -2.19. The van der Waals surface area contributed by atoms with E-state index in [0.29, 0.717) is 6.61 Å². The average molecular weight is 283 g/mol. The number of aryl methyl sites for hydroxylation is 4. The Balaban J connectivity index is 2.12. The van der Waals surface area contributed by atoms with Gasteiger partial charge in [0.05, 0.1) is 6.04 Å². The third-order valence-electron chi connectivity index (χ3n) is 3.73. The lowest BCUT2D eigenvalue weighted by atomic mass is 10.0. The summed E-state index contributed by atoms with van der Waals surface area (Å²) >= 11 is 0. The second-order valence-electron chi connectivity index (χ2n) is 5.84. The van der Waals surface area contributed by atoms with Crippen molar-refractivity contribution in [3.63, 3.8) is 0 Å². The van der Waals surface area contributed by atoms with E-state index in [0.717, 1.165) is 5.75 Å². The van der Waals surface area contributed by atoms with E-state index in [4.69, 9.17) is 4.74 Å². The first-order valence-electron chi connectivity index (χ1n) is 7.45. The average Bonchev–Trinajstić information content (AvgIpc) is 2.40. The molecule has 0 saturated heterocycles. The molecule has 0 amide bonds. The highest BCUT2D eigenvalue weighted by atomic mass is 16.5. The molecule has 0 spiro atoms. The zero-order valence-corrected chi connectivity index (χ0v) is 13.7. The number of rotatable bonds is 5. The van der Waals surface area contributed by atoms with Gasteiger partial charge in [-0.25, -0.2) is 0 Å². The monoisotopic (exact) mass is 283 g/mol. The molecule has 2 aromatic rings. The van der Waals surface area contributed by atoms with Crippen LogP contribution < -0.4 is 10.1 Å². The molecule has 0 aliphatic heterocycles. The first kappa shape index (κ1) is 15.6. The molecule has 0 fully saturated rings. The predicted octanol–water partition coefficient (Wildman–Crippen LogP) is 4.26. The van der Waals surface area contributed by atoms with Crippen molar-refractivity contribution in [3.8, 4) is 5.75 Å². The van der Waals surface area contributed by atoms with E-state index in [1.165, 1.54) is 27.8 Å². The van der Waals surface area contributed by atoms with Gasteiger partial charge in [0.1, 0.15) is 12.4 Å². The summed E-state index contributed by atoms with van der Waals surface area (Å²) in [6.45, 7) is 9.09. The molecule has 0 bridgehead atoms. The second kappa shape index (κ2) is 6.77. The Bertz CT molecular complexity index is 599. The molecule has 112 valence electrons. The first-order chi connectivity index (χ1) is 9.99. The summed E-state index contributed by atoms with van der Waals surface area (Å²) in [5.74, 6) is 0.963. The minimum atomic E-state index is 0.198. The number of hydrogen-bond donors (Lipinski definition) is 1. The van der Waals surface area contributed by atoms with E-state index in [2.05, 4.69) is 69.4 Å². The Hall–Kier alpha value is -1.80. The maximum absolute atomic E-state index is 6.02. The molecule has 1 atom stereocenters. The van der Waals surface area contributed by atoms with Crippen molar-refractivity contribution < 1.29 is 4.74 Å². The second-order valence-corrected chi connectivity index (χ2v) is 5.84. The fourth-order valence-electron chi connectivity index (χ4n) is 2.69. The Morgan fingerprint density at radius 1 is 0.905 bits per heavy atom. The maximum atomic E-state index is 6.02. The van der Waals surface area contributed by atoms with Gasteiger partial charge in [0.15, 0.2) is 0 Å². The van der Waals surface area contributed by atoms with Gasteiger partial charge in [0, 0.05) is 0 Å². The van der Waals surface area contributed by atoms with Crippen molar-refractivity contribution in [3.05, 3.63) is 64.2 Å². The molecule has 2 heteroatoms. The Morgan fingerprint density at radius 2 is 1.57 bits per heavy atom. The summed E-state index contributed by atoms with van der Waals surface area (Å²) in [7, 11) is 1.98. The van der Waals surface area contributed by atoms with Crippen LogP contribution in [0.25, 0.3) is 0 Å². The maximum Gasteiger partial charge on any atom is 0.122 e. The van der Waals surface area contributed by atoms with Gasteiger partial charge in [0.25, 0.3) is 0 Å².